The van der Waals surface area contributed by atoms with E-state index in [0.717, 1.165) is 3.79 Å². The number of carbonyl (C=O) groups is 2. The standard InChI is InChI=1S/C11H12BrNO3S/c1-6-8(11(15)16)2-3-13(6)10(14)7-4-9(12)17-5-7/h4-6,8H,2-3H2,1H3,(H,15,16). The Bertz CT molecular complexity index is 459. The second-order valence-corrected chi connectivity index (χ2v) is 6.40. The van der Waals surface area contributed by atoms with Crippen LogP contribution in [0.15, 0.2) is 15.2 Å². The van der Waals surface area contributed by atoms with Gasteiger partial charge >= 0.3 is 5.97 Å². The van der Waals surface area contributed by atoms with Gasteiger partial charge in [-0.15, -0.1) is 11.3 Å². The minimum Gasteiger partial charge on any atom is -0.481 e. The van der Waals surface area contributed by atoms with Crippen LogP contribution in [0.1, 0.15) is 23.7 Å². The molecule has 1 saturated heterocycles. The van der Waals surface area contributed by atoms with Crippen LogP contribution < -0.4 is 0 Å². The first-order valence-corrected chi connectivity index (χ1v) is 6.95. The second-order valence-electron chi connectivity index (χ2n) is 4.11. The monoisotopic (exact) mass is 317 g/mol. The molecule has 2 unspecified atom stereocenters. The molecule has 92 valence electrons. The number of aliphatic carboxylic acids is 1. The molecule has 1 aromatic heterocycles. The van der Waals surface area contributed by atoms with Gasteiger partial charge in [-0.2, -0.15) is 0 Å². The summed E-state index contributed by atoms with van der Waals surface area (Å²) in [6, 6.07) is 1.53. The highest BCUT2D eigenvalue weighted by Crippen LogP contribution is 2.28. The van der Waals surface area contributed by atoms with Gasteiger partial charge in [0.1, 0.15) is 0 Å². The zero-order valence-corrected chi connectivity index (χ0v) is 11.6. The van der Waals surface area contributed by atoms with E-state index >= 15 is 0 Å². The molecule has 0 aliphatic carbocycles. The minimum absolute atomic E-state index is 0.0804. The van der Waals surface area contributed by atoms with E-state index in [1.807, 2.05) is 0 Å². The van der Waals surface area contributed by atoms with Gasteiger partial charge in [0, 0.05) is 18.0 Å². The molecule has 0 saturated carbocycles. The lowest BCUT2D eigenvalue weighted by molar-refractivity contribution is -0.142. The molecule has 1 amide bonds. The van der Waals surface area contributed by atoms with Crippen molar-refractivity contribution in [3.8, 4) is 0 Å². The van der Waals surface area contributed by atoms with Crippen LogP contribution >= 0.6 is 27.3 Å². The number of carbonyl (C=O) groups excluding carboxylic acids is 1. The van der Waals surface area contributed by atoms with Crippen LogP contribution in [-0.2, 0) is 4.79 Å². The van der Waals surface area contributed by atoms with Crippen molar-refractivity contribution >= 4 is 39.1 Å². The van der Waals surface area contributed by atoms with Crippen LogP contribution in [0, 0.1) is 5.92 Å². The summed E-state index contributed by atoms with van der Waals surface area (Å²) >= 11 is 4.77. The van der Waals surface area contributed by atoms with E-state index in [4.69, 9.17) is 5.11 Å². The van der Waals surface area contributed by atoms with E-state index < -0.39 is 11.9 Å². The van der Waals surface area contributed by atoms with Gasteiger partial charge in [-0.05, 0) is 35.3 Å². The number of amides is 1. The third kappa shape index (κ3) is 2.37. The Balaban J connectivity index is 2.14. The van der Waals surface area contributed by atoms with Gasteiger partial charge in [-0.1, -0.05) is 0 Å². The van der Waals surface area contributed by atoms with E-state index in [9.17, 15) is 9.59 Å². The molecule has 1 aliphatic heterocycles. The molecule has 1 fully saturated rings. The van der Waals surface area contributed by atoms with Gasteiger partial charge in [-0.25, -0.2) is 0 Å². The molecule has 2 heterocycles. The fourth-order valence-corrected chi connectivity index (χ4v) is 3.27. The van der Waals surface area contributed by atoms with E-state index in [2.05, 4.69) is 15.9 Å². The van der Waals surface area contributed by atoms with Crippen LogP contribution in [0.25, 0.3) is 0 Å². The van der Waals surface area contributed by atoms with Crippen molar-refractivity contribution < 1.29 is 14.7 Å². The molecule has 2 atom stereocenters. The van der Waals surface area contributed by atoms with Crippen LogP contribution in [0.3, 0.4) is 0 Å². The maximum atomic E-state index is 12.2. The maximum absolute atomic E-state index is 12.2. The molecule has 0 radical (unpaired) electrons. The van der Waals surface area contributed by atoms with Crippen molar-refractivity contribution in [3.05, 3.63) is 20.8 Å². The van der Waals surface area contributed by atoms with Crippen molar-refractivity contribution in [2.24, 2.45) is 5.92 Å². The number of halogens is 1. The zero-order chi connectivity index (χ0) is 12.6. The molecule has 1 aromatic rings. The fraction of sp³-hybridized carbons (Fsp3) is 0.455. The third-order valence-corrected chi connectivity index (χ3v) is 4.65. The average molecular weight is 318 g/mol. The lowest BCUT2D eigenvalue weighted by Crippen LogP contribution is -2.37. The highest BCUT2D eigenvalue weighted by Gasteiger charge is 2.38. The predicted octanol–water partition coefficient (Wildman–Crippen LogP) is 2.45. The van der Waals surface area contributed by atoms with Crippen LogP contribution in [0.2, 0.25) is 0 Å². The number of nitrogens with zero attached hydrogens (tertiary/aromatic N) is 1. The topological polar surface area (TPSA) is 57.6 Å². The molecule has 4 nitrogen and oxygen atoms in total. The van der Waals surface area contributed by atoms with Crippen molar-refractivity contribution in [1.82, 2.24) is 4.90 Å². The number of rotatable bonds is 2. The largest absolute Gasteiger partial charge is 0.481 e. The Morgan fingerprint density at radius 1 is 1.59 bits per heavy atom. The zero-order valence-electron chi connectivity index (χ0n) is 9.22. The molecular weight excluding hydrogens is 306 g/mol. The number of hydrogen-bond acceptors (Lipinski definition) is 3. The molecule has 0 aromatic carbocycles. The maximum Gasteiger partial charge on any atom is 0.308 e. The first-order chi connectivity index (χ1) is 8.00. The SMILES string of the molecule is CC1C(C(=O)O)CCN1C(=O)c1csc(Br)c1. The number of likely N-dealkylation sites (tertiary alicyclic amines) is 1. The lowest BCUT2D eigenvalue weighted by atomic mass is 10.0. The molecule has 0 bridgehead atoms. The Morgan fingerprint density at radius 2 is 2.29 bits per heavy atom. The first kappa shape index (κ1) is 12.6. The van der Waals surface area contributed by atoms with E-state index in [1.165, 1.54) is 11.3 Å². The van der Waals surface area contributed by atoms with Crippen molar-refractivity contribution in [1.29, 1.82) is 0 Å². The molecule has 2 rings (SSSR count). The Labute approximate surface area is 111 Å². The summed E-state index contributed by atoms with van der Waals surface area (Å²) in [5, 5.41) is 10.8. The van der Waals surface area contributed by atoms with Crippen LogP contribution in [0.5, 0.6) is 0 Å². The molecular formula is C11H12BrNO3S. The molecule has 0 spiro atoms. The quantitative estimate of drug-likeness (QED) is 0.911. The highest BCUT2D eigenvalue weighted by molar-refractivity contribution is 9.11. The smallest absolute Gasteiger partial charge is 0.308 e. The summed E-state index contributed by atoms with van der Waals surface area (Å²) in [5.74, 6) is -1.34. The van der Waals surface area contributed by atoms with E-state index in [0.29, 0.717) is 18.5 Å². The van der Waals surface area contributed by atoms with Gasteiger partial charge in [0.05, 0.1) is 15.3 Å². The Hall–Kier alpha value is -0.880. The number of carboxylic acid groups (broad SMARTS) is 1. The summed E-state index contributed by atoms with van der Waals surface area (Å²) in [4.78, 5) is 24.8. The van der Waals surface area contributed by atoms with Crippen LogP contribution in [0.4, 0.5) is 0 Å². The van der Waals surface area contributed by atoms with Gasteiger partial charge in [0.25, 0.3) is 5.91 Å². The number of thiophene rings is 1. The summed E-state index contributed by atoms with van der Waals surface area (Å²) < 4.78 is 0.905. The van der Waals surface area contributed by atoms with E-state index in [-0.39, 0.29) is 11.9 Å². The van der Waals surface area contributed by atoms with Gasteiger partial charge in [0.15, 0.2) is 0 Å². The summed E-state index contributed by atoms with van der Waals surface area (Å²) in [6.07, 6.45) is 0.535. The van der Waals surface area contributed by atoms with Crippen molar-refractivity contribution in [2.75, 3.05) is 6.54 Å². The second kappa shape index (κ2) is 4.78. The Kier molecular flexibility index (Phi) is 3.53. The Morgan fingerprint density at radius 3 is 2.76 bits per heavy atom. The van der Waals surface area contributed by atoms with Crippen molar-refractivity contribution in [3.63, 3.8) is 0 Å². The minimum atomic E-state index is -0.820. The highest BCUT2D eigenvalue weighted by atomic mass is 79.9. The van der Waals surface area contributed by atoms with Gasteiger partial charge < -0.3 is 10.0 Å². The summed E-state index contributed by atoms with van der Waals surface area (Å²) in [5.41, 5.74) is 0.625. The average Bonchev–Trinajstić information content (AvgIpc) is 2.83. The van der Waals surface area contributed by atoms with Gasteiger partial charge in [0.2, 0.25) is 0 Å². The number of carboxylic acids is 1. The van der Waals surface area contributed by atoms with Crippen molar-refractivity contribution in [2.45, 2.75) is 19.4 Å². The molecule has 17 heavy (non-hydrogen) atoms. The molecule has 1 N–H and O–H groups in total. The fourth-order valence-electron chi connectivity index (χ4n) is 2.14. The first-order valence-electron chi connectivity index (χ1n) is 5.28. The third-order valence-electron chi connectivity index (χ3n) is 3.15. The van der Waals surface area contributed by atoms with Gasteiger partial charge in [-0.3, -0.25) is 9.59 Å². The van der Waals surface area contributed by atoms with E-state index in [1.54, 1.807) is 23.3 Å². The number of hydrogen-bond donors (Lipinski definition) is 1. The molecule has 6 heteroatoms. The summed E-state index contributed by atoms with van der Waals surface area (Å²) in [6.45, 7) is 2.32. The predicted molar refractivity (Wildman–Crippen MR) is 68.3 cm³/mol. The molecule has 1 aliphatic rings. The van der Waals surface area contributed by atoms with Crippen LogP contribution in [-0.4, -0.2) is 34.5 Å². The summed E-state index contributed by atoms with van der Waals surface area (Å²) in [7, 11) is 0. The lowest BCUT2D eigenvalue weighted by Gasteiger charge is -2.22. The normalized spacial score (nSPS) is 24.0.